The zero-order valence-corrected chi connectivity index (χ0v) is 11.0. The SMILES string of the molecule is CNC.O=S(=O)(O)C(F)C(F)(F)C(F)(F)C(F)(F)C(F)F. The van der Waals surface area contributed by atoms with E-state index in [2.05, 4.69) is 5.32 Å². The first-order valence-corrected chi connectivity index (χ1v) is 6.12. The zero-order chi connectivity index (χ0) is 17.9. The molecule has 1 unspecified atom stereocenters. The van der Waals surface area contributed by atoms with E-state index in [9.17, 15) is 47.9 Å². The second kappa shape index (κ2) is 7.00. The molecular formula is C7H10F9NO3S. The molecule has 0 aromatic carbocycles. The van der Waals surface area contributed by atoms with Crippen molar-refractivity contribution in [2.45, 2.75) is 29.7 Å². The fourth-order valence-electron chi connectivity index (χ4n) is 0.689. The van der Waals surface area contributed by atoms with Gasteiger partial charge in [0, 0.05) is 0 Å². The lowest BCUT2D eigenvalue weighted by Gasteiger charge is -2.32. The average Bonchev–Trinajstić information content (AvgIpc) is 2.26. The van der Waals surface area contributed by atoms with E-state index in [1.165, 1.54) is 0 Å². The van der Waals surface area contributed by atoms with Crippen LogP contribution in [-0.4, -0.2) is 56.8 Å². The molecular weight excluding hydrogens is 349 g/mol. The molecule has 0 aromatic heterocycles. The lowest BCUT2D eigenvalue weighted by molar-refractivity contribution is -0.344. The molecule has 0 bridgehead atoms. The Hall–Kier alpha value is -0.760. The minimum atomic E-state index is -7.04. The maximum atomic E-state index is 12.5. The molecule has 14 heteroatoms. The first-order valence-electron chi connectivity index (χ1n) is 4.62. The van der Waals surface area contributed by atoms with Crippen LogP contribution in [0.25, 0.3) is 0 Å². The molecule has 0 fully saturated rings. The Bertz CT molecular complexity index is 425. The van der Waals surface area contributed by atoms with Crippen molar-refractivity contribution in [3.05, 3.63) is 0 Å². The van der Waals surface area contributed by atoms with Crippen LogP contribution in [0.4, 0.5) is 39.5 Å². The quantitative estimate of drug-likeness (QED) is 0.583. The summed E-state index contributed by atoms with van der Waals surface area (Å²) in [6.45, 7) is 0. The predicted octanol–water partition coefficient (Wildman–Crippen LogP) is 2.18. The normalized spacial score (nSPS) is 15.5. The van der Waals surface area contributed by atoms with Crippen molar-refractivity contribution in [1.29, 1.82) is 0 Å². The van der Waals surface area contributed by atoms with E-state index in [4.69, 9.17) is 4.55 Å². The highest BCUT2D eigenvalue weighted by Gasteiger charge is 2.79. The summed E-state index contributed by atoms with van der Waals surface area (Å²) >= 11 is 0. The highest BCUT2D eigenvalue weighted by Crippen LogP contribution is 2.51. The number of hydrogen-bond acceptors (Lipinski definition) is 3. The van der Waals surface area contributed by atoms with Crippen molar-refractivity contribution < 1.29 is 52.5 Å². The number of nitrogens with one attached hydrogen (secondary N) is 1. The molecule has 130 valence electrons. The average molecular weight is 359 g/mol. The van der Waals surface area contributed by atoms with Gasteiger partial charge in [-0.1, -0.05) is 0 Å². The summed E-state index contributed by atoms with van der Waals surface area (Å²) in [6.07, 6.45) is -5.31. The summed E-state index contributed by atoms with van der Waals surface area (Å²) in [5, 5.41) is 2.75. The lowest BCUT2D eigenvalue weighted by Crippen LogP contribution is -2.62. The van der Waals surface area contributed by atoms with Gasteiger partial charge in [-0.2, -0.15) is 34.8 Å². The third kappa shape index (κ3) is 4.60. The third-order valence-corrected chi connectivity index (χ3v) is 2.48. The summed E-state index contributed by atoms with van der Waals surface area (Å²) in [5.74, 6) is -20.5. The highest BCUT2D eigenvalue weighted by molar-refractivity contribution is 7.86. The predicted molar refractivity (Wildman–Crippen MR) is 52.3 cm³/mol. The Morgan fingerprint density at radius 2 is 1.19 bits per heavy atom. The van der Waals surface area contributed by atoms with Crippen LogP contribution in [0, 0.1) is 0 Å². The van der Waals surface area contributed by atoms with E-state index in [0.717, 1.165) is 0 Å². The van der Waals surface area contributed by atoms with Crippen LogP contribution in [-0.2, 0) is 10.1 Å². The van der Waals surface area contributed by atoms with Gasteiger partial charge in [-0.3, -0.25) is 4.55 Å². The molecule has 0 radical (unpaired) electrons. The standard InChI is InChI=1S/C5H3F9O3S.C2H7N/c6-1(7)3(9,10)5(13,14)4(11,12)2(8)18(15,16)17;1-3-2/h1-2H,(H,15,16,17);3H,1-2H3. The van der Waals surface area contributed by atoms with Crippen LogP contribution in [0.2, 0.25) is 0 Å². The Labute approximate surface area is 113 Å². The molecule has 0 amide bonds. The fourth-order valence-corrected chi connectivity index (χ4v) is 1.21. The lowest BCUT2D eigenvalue weighted by atomic mass is 10.1. The van der Waals surface area contributed by atoms with Gasteiger partial charge < -0.3 is 5.32 Å². The molecule has 21 heavy (non-hydrogen) atoms. The van der Waals surface area contributed by atoms with Gasteiger partial charge in [0.05, 0.1) is 0 Å². The molecule has 0 aliphatic rings. The second-order valence-electron chi connectivity index (χ2n) is 3.45. The molecule has 2 N–H and O–H groups in total. The van der Waals surface area contributed by atoms with E-state index < -0.39 is 39.8 Å². The van der Waals surface area contributed by atoms with Crippen LogP contribution in [0.1, 0.15) is 0 Å². The number of alkyl halides is 9. The molecule has 4 nitrogen and oxygen atoms in total. The Kier molecular flexibility index (Phi) is 7.51. The Morgan fingerprint density at radius 3 is 1.38 bits per heavy atom. The zero-order valence-electron chi connectivity index (χ0n) is 10.2. The van der Waals surface area contributed by atoms with Crippen molar-refractivity contribution in [3.63, 3.8) is 0 Å². The van der Waals surface area contributed by atoms with E-state index >= 15 is 0 Å². The van der Waals surface area contributed by atoms with E-state index in [-0.39, 0.29) is 0 Å². The van der Waals surface area contributed by atoms with Gasteiger partial charge in [0.1, 0.15) is 0 Å². The van der Waals surface area contributed by atoms with Crippen molar-refractivity contribution in [1.82, 2.24) is 5.32 Å². The number of rotatable bonds is 5. The van der Waals surface area contributed by atoms with Gasteiger partial charge in [-0.25, -0.2) is 13.2 Å². The second-order valence-corrected chi connectivity index (χ2v) is 4.90. The molecule has 0 rings (SSSR count). The van der Waals surface area contributed by atoms with Crippen molar-refractivity contribution in [3.8, 4) is 0 Å². The van der Waals surface area contributed by atoms with Gasteiger partial charge >= 0.3 is 34.3 Å². The molecule has 0 spiro atoms. The van der Waals surface area contributed by atoms with Gasteiger partial charge in [0.15, 0.2) is 0 Å². The minimum Gasteiger partial charge on any atom is -0.323 e. The van der Waals surface area contributed by atoms with Crippen molar-refractivity contribution >= 4 is 10.1 Å². The summed E-state index contributed by atoms with van der Waals surface area (Å²) in [4.78, 5) is 0. The topological polar surface area (TPSA) is 66.4 Å². The van der Waals surface area contributed by atoms with Gasteiger partial charge in [-0.15, -0.1) is 0 Å². The van der Waals surface area contributed by atoms with Crippen molar-refractivity contribution in [2.24, 2.45) is 0 Å². The molecule has 0 aliphatic heterocycles. The number of hydrogen-bond donors (Lipinski definition) is 2. The van der Waals surface area contributed by atoms with Gasteiger partial charge in [-0.05, 0) is 14.1 Å². The summed E-state index contributed by atoms with van der Waals surface area (Å²) in [5.41, 5.74) is -5.19. The monoisotopic (exact) mass is 359 g/mol. The summed E-state index contributed by atoms with van der Waals surface area (Å²) < 4.78 is 137. The van der Waals surface area contributed by atoms with Crippen LogP contribution >= 0.6 is 0 Å². The van der Waals surface area contributed by atoms with Crippen LogP contribution in [0.5, 0.6) is 0 Å². The van der Waals surface area contributed by atoms with Crippen molar-refractivity contribution in [2.75, 3.05) is 14.1 Å². The van der Waals surface area contributed by atoms with Crippen LogP contribution in [0.15, 0.2) is 0 Å². The van der Waals surface area contributed by atoms with Gasteiger partial charge in [0.25, 0.3) is 5.50 Å². The van der Waals surface area contributed by atoms with Gasteiger partial charge in [0.2, 0.25) is 0 Å². The molecule has 0 heterocycles. The maximum Gasteiger partial charge on any atom is 0.382 e. The molecule has 0 aliphatic carbocycles. The first kappa shape index (κ1) is 22.5. The van der Waals surface area contributed by atoms with Crippen LogP contribution in [0.3, 0.4) is 0 Å². The molecule has 0 saturated heterocycles. The molecule has 0 aromatic rings. The Morgan fingerprint density at radius 1 is 0.905 bits per heavy atom. The first-order chi connectivity index (χ1) is 9.01. The Balaban J connectivity index is 0. The maximum absolute atomic E-state index is 12.5. The summed E-state index contributed by atoms with van der Waals surface area (Å²) in [7, 11) is -2.75. The molecule has 1 atom stereocenters. The van der Waals surface area contributed by atoms with E-state index in [1.807, 2.05) is 14.1 Å². The number of halogens is 9. The van der Waals surface area contributed by atoms with E-state index in [0.29, 0.717) is 0 Å². The smallest absolute Gasteiger partial charge is 0.323 e. The van der Waals surface area contributed by atoms with E-state index in [1.54, 1.807) is 0 Å². The largest absolute Gasteiger partial charge is 0.382 e. The van der Waals surface area contributed by atoms with Crippen LogP contribution < -0.4 is 5.32 Å². The molecule has 0 saturated carbocycles. The summed E-state index contributed by atoms with van der Waals surface area (Å²) in [6, 6.07) is 0. The fraction of sp³-hybridized carbons (Fsp3) is 1.00. The minimum absolute atomic E-state index is 1.88. The highest BCUT2D eigenvalue weighted by atomic mass is 32.2. The third-order valence-electron chi connectivity index (χ3n) is 1.66.